The zero-order valence-corrected chi connectivity index (χ0v) is 17.2. The predicted octanol–water partition coefficient (Wildman–Crippen LogP) is 7.43. The van der Waals surface area contributed by atoms with Crippen molar-refractivity contribution in [3.05, 3.63) is 36.5 Å². The quantitative estimate of drug-likeness (QED) is 0.172. The number of hydrogen-bond donors (Lipinski definition) is 0. The third-order valence-corrected chi connectivity index (χ3v) is 4.65. The van der Waals surface area contributed by atoms with Crippen LogP contribution in [0.25, 0.3) is 0 Å². The molecule has 0 fully saturated rings. The van der Waals surface area contributed by atoms with Crippen LogP contribution in [0, 0.1) is 0 Å². The van der Waals surface area contributed by atoms with Crippen molar-refractivity contribution in [1.82, 2.24) is 0 Å². The van der Waals surface area contributed by atoms with Gasteiger partial charge in [-0.3, -0.25) is 0 Å². The highest BCUT2D eigenvalue weighted by Gasteiger charge is 2.12. The largest absolute Gasteiger partial charge is 0.418 e. The fraction of sp³-hybridized carbons (Fsp3) is 0.714. The summed E-state index contributed by atoms with van der Waals surface area (Å²) in [6.45, 7) is 9.94. The Labute approximate surface area is 147 Å². The van der Waals surface area contributed by atoms with E-state index in [1.807, 2.05) is 0 Å². The molecule has 2 heteroatoms. The molecule has 0 aromatic carbocycles. The van der Waals surface area contributed by atoms with E-state index in [2.05, 4.69) is 63.0 Å². The van der Waals surface area contributed by atoms with Gasteiger partial charge in [-0.25, -0.2) is 0 Å². The molecule has 0 bridgehead atoms. The van der Waals surface area contributed by atoms with E-state index < -0.39 is 8.32 Å². The lowest BCUT2D eigenvalue weighted by atomic mass is 10.1. The minimum Gasteiger partial charge on any atom is -0.418 e. The molecule has 0 aliphatic rings. The highest BCUT2D eigenvalue weighted by molar-refractivity contribution is 6.69. The molecule has 0 aromatic heterocycles. The molecule has 134 valence electrons. The zero-order valence-electron chi connectivity index (χ0n) is 16.2. The van der Waals surface area contributed by atoms with Crippen molar-refractivity contribution in [3.8, 4) is 0 Å². The predicted molar refractivity (Wildman–Crippen MR) is 109 cm³/mol. The van der Waals surface area contributed by atoms with E-state index >= 15 is 0 Å². The first kappa shape index (κ1) is 22.4. The maximum atomic E-state index is 5.87. The van der Waals surface area contributed by atoms with Gasteiger partial charge in [-0.05, 0) is 58.2 Å². The molecule has 1 nitrogen and oxygen atoms in total. The topological polar surface area (TPSA) is 9.23 Å². The zero-order chi connectivity index (χ0) is 17.2. The lowest BCUT2D eigenvalue weighted by Crippen LogP contribution is -2.25. The molecule has 0 spiro atoms. The summed E-state index contributed by atoms with van der Waals surface area (Å²) in [5.74, 6) is 0. The van der Waals surface area contributed by atoms with Crippen LogP contribution in [-0.4, -0.2) is 14.9 Å². The van der Waals surface area contributed by atoms with E-state index in [1.54, 1.807) is 0 Å². The second kappa shape index (κ2) is 16.3. The highest BCUT2D eigenvalue weighted by Crippen LogP contribution is 2.09. The maximum Gasteiger partial charge on any atom is 0.183 e. The van der Waals surface area contributed by atoms with Crippen LogP contribution in [0.15, 0.2) is 36.5 Å². The van der Waals surface area contributed by atoms with Gasteiger partial charge in [0.15, 0.2) is 8.32 Å². The summed E-state index contributed by atoms with van der Waals surface area (Å²) >= 11 is 0. The SMILES string of the molecule is CCC=CCC=CCC=CCCCCCCCCO[Si](C)(C)C. The summed E-state index contributed by atoms with van der Waals surface area (Å²) in [6.07, 6.45) is 26.2. The van der Waals surface area contributed by atoms with E-state index in [-0.39, 0.29) is 0 Å². The van der Waals surface area contributed by atoms with Crippen LogP contribution in [0.2, 0.25) is 19.6 Å². The molecule has 0 aliphatic carbocycles. The van der Waals surface area contributed by atoms with Gasteiger partial charge in [0.1, 0.15) is 0 Å². The van der Waals surface area contributed by atoms with Crippen LogP contribution < -0.4 is 0 Å². The normalized spacial score (nSPS) is 13.0. The summed E-state index contributed by atoms with van der Waals surface area (Å²) in [6, 6.07) is 0. The van der Waals surface area contributed by atoms with Crippen LogP contribution in [0.5, 0.6) is 0 Å². The fourth-order valence-electron chi connectivity index (χ4n) is 2.28. The molecule has 0 heterocycles. The Morgan fingerprint density at radius 1 is 0.652 bits per heavy atom. The first-order valence-electron chi connectivity index (χ1n) is 9.65. The highest BCUT2D eigenvalue weighted by atomic mass is 28.4. The minimum atomic E-state index is -1.28. The summed E-state index contributed by atoms with van der Waals surface area (Å²) in [5.41, 5.74) is 0. The number of hydrogen-bond acceptors (Lipinski definition) is 1. The Morgan fingerprint density at radius 2 is 1.17 bits per heavy atom. The Hall–Kier alpha value is -0.603. The Morgan fingerprint density at radius 3 is 1.78 bits per heavy atom. The van der Waals surface area contributed by atoms with Gasteiger partial charge in [0, 0.05) is 6.61 Å². The average Bonchev–Trinajstić information content (AvgIpc) is 2.49. The molecule has 0 N–H and O–H groups in total. The van der Waals surface area contributed by atoms with Gasteiger partial charge in [0.2, 0.25) is 0 Å². The molecule has 0 amide bonds. The van der Waals surface area contributed by atoms with Crippen molar-refractivity contribution in [1.29, 1.82) is 0 Å². The molecule has 0 aromatic rings. The standard InChI is InChI=1S/C21H40OSi/c1-5-6-7-8-9-10-11-12-13-14-15-16-17-18-19-20-21-22-23(2,3)4/h6-7,9-10,12-13H,5,8,11,14-21H2,1-4H3. The first-order chi connectivity index (χ1) is 11.1. The Bertz CT molecular complexity index is 323. The monoisotopic (exact) mass is 336 g/mol. The van der Waals surface area contributed by atoms with E-state index in [9.17, 15) is 0 Å². The van der Waals surface area contributed by atoms with Crippen LogP contribution in [-0.2, 0) is 4.43 Å². The molecule has 0 unspecified atom stereocenters. The fourth-order valence-corrected chi connectivity index (χ4v) is 3.03. The van der Waals surface area contributed by atoms with Crippen LogP contribution in [0.4, 0.5) is 0 Å². The van der Waals surface area contributed by atoms with Gasteiger partial charge in [0.25, 0.3) is 0 Å². The van der Waals surface area contributed by atoms with Gasteiger partial charge in [-0.2, -0.15) is 0 Å². The van der Waals surface area contributed by atoms with Gasteiger partial charge in [-0.1, -0.05) is 69.1 Å². The van der Waals surface area contributed by atoms with Crippen molar-refractivity contribution < 1.29 is 4.43 Å². The Kier molecular flexibility index (Phi) is 15.8. The molecular weight excluding hydrogens is 296 g/mol. The van der Waals surface area contributed by atoms with Crippen molar-refractivity contribution in [2.75, 3.05) is 6.61 Å². The van der Waals surface area contributed by atoms with E-state index in [4.69, 9.17) is 4.43 Å². The van der Waals surface area contributed by atoms with Gasteiger partial charge in [0.05, 0.1) is 0 Å². The van der Waals surface area contributed by atoms with Crippen LogP contribution in [0.3, 0.4) is 0 Å². The minimum absolute atomic E-state index is 0.972. The molecule has 0 atom stereocenters. The Balaban J connectivity index is 3.24. The summed E-state index contributed by atoms with van der Waals surface area (Å²) in [7, 11) is -1.28. The lowest BCUT2D eigenvalue weighted by molar-refractivity contribution is 0.298. The molecular formula is C21H40OSi. The van der Waals surface area contributed by atoms with Crippen LogP contribution >= 0.6 is 0 Å². The second-order valence-corrected chi connectivity index (χ2v) is 11.7. The van der Waals surface area contributed by atoms with Gasteiger partial charge < -0.3 is 4.43 Å². The molecule has 0 rings (SSSR count). The van der Waals surface area contributed by atoms with Crippen molar-refractivity contribution >= 4 is 8.32 Å². The lowest BCUT2D eigenvalue weighted by Gasteiger charge is -2.16. The van der Waals surface area contributed by atoms with Gasteiger partial charge in [-0.15, -0.1) is 0 Å². The van der Waals surface area contributed by atoms with Crippen LogP contribution in [0.1, 0.15) is 71.1 Å². The summed E-state index contributed by atoms with van der Waals surface area (Å²) in [4.78, 5) is 0. The second-order valence-electron chi connectivity index (χ2n) is 7.16. The molecule has 0 saturated carbocycles. The summed E-state index contributed by atoms with van der Waals surface area (Å²) < 4.78 is 5.87. The maximum absolute atomic E-state index is 5.87. The number of rotatable bonds is 15. The molecule has 0 aliphatic heterocycles. The van der Waals surface area contributed by atoms with E-state index in [0.29, 0.717) is 0 Å². The molecule has 0 radical (unpaired) electrons. The number of allylic oxidation sites excluding steroid dienone is 6. The first-order valence-corrected chi connectivity index (χ1v) is 13.1. The smallest absolute Gasteiger partial charge is 0.183 e. The third-order valence-electron chi connectivity index (χ3n) is 3.58. The van der Waals surface area contributed by atoms with E-state index in [1.165, 1.54) is 44.9 Å². The average molecular weight is 337 g/mol. The van der Waals surface area contributed by atoms with Crippen molar-refractivity contribution in [2.24, 2.45) is 0 Å². The summed E-state index contributed by atoms with van der Waals surface area (Å²) in [5, 5.41) is 0. The van der Waals surface area contributed by atoms with Gasteiger partial charge >= 0.3 is 0 Å². The van der Waals surface area contributed by atoms with E-state index in [0.717, 1.165) is 25.9 Å². The number of unbranched alkanes of at least 4 members (excludes halogenated alkanes) is 6. The van der Waals surface area contributed by atoms with Crippen molar-refractivity contribution in [3.63, 3.8) is 0 Å². The van der Waals surface area contributed by atoms with Crippen molar-refractivity contribution in [2.45, 2.75) is 90.8 Å². The molecule has 0 saturated heterocycles. The third kappa shape index (κ3) is 21.4. The molecule has 23 heavy (non-hydrogen) atoms.